The van der Waals surface area contributed by atoms with Crippen molar-refractivity contribution < 1.29 is 22.7 Å². The summed E-state index contributed by atoms with van der Waals surface area (Å²) in [6.45, 7) is 1.95. The van der Waals surface area contributed by atoms with Crippen molar-refractivity contribution in [3.05, 3.63) is 96.1 Å². The molecule has 0 saturated heterocycles. The number of ether oxygens (including phenoxy) is 1. The Labute approximate surface area is 194 Å². The summed E-state index contributed by atoms with van der Waals surface area (Å²) in [5, 5.41) is 0. The first kappa shape index (κ1) is 24.0. The molecule has 33 heavy (non-hydrogen) atoms. The Morgan fingerprint density at radius 1 is 0.879 bits per heavy atom. The molecule has 3 rings (SSSR count). The largest absolute Gasteiger partial charge is 0.444 e. The first-order valence-corrected chi connectivity index (χ1v) is 11.8. The molecular weight excluding hydrogens is 440 g/mol. The number of anilines is 1. The van der Waals surface area contributed by atoms with Crippen LogP contribution in [0.4, 0.5) is 5.69 Å². The van der Waals surface area contributed by atoms with Gasteiger partial charge in [0.2, 0.25) is 6.10 Å². The van der Waals surface area contributed by atoms with Crippen molar-refractivity contribution in [2.75, 3.05) is 24.9 Å². The van der Waals surface area contributed by atoms with Gasteiger partial charge in [0.05, 0.1) is 16.1 Å². The first-order valence-electron chi connectivity index (χ1n) is 10.4. The Morgan fingerprint density at radius 2 is 1.48 bits per heavy atom. The molecule has 0 radical (unpaired) electrons. The summed E-state index contributed by atoms with van der Waals surface area (Å²) < 4.78 is 33.4. The molecule has 0 aliphatic carbocycles. The fourth-order valence-electron chi connectivity index (χ4n) is 3.29. The number of amides is 1. The Hall–Kier alpha value is -3.65. The highest BCUT2D eigenvalue weighted by molar-refractivity contribution is 7.92. The van der Waals surface area contributed by atoms with Gasteiger partial charge in [-0.15, -0.1) is 0 Å². The highest BCUT2D eigenvalue weighted by Gasteiger charge is 2.28. The van der Waals surface area contributed by atoms with E-state index in [0.717, 1.165) is 0 Å². The summed E-state index contributed by atoms with van der Waals surface area (Å²) in [5.41, 5.74) is 1.08. The van der Waals surface area contributed by atoms with Gasteiger partial charge < -0.3 is 9.64 Å². The lowest BCUT2D eigenvalue weighted by Crippen LogP contribution is -2.32. The van der Waals surface area contributed by atoms with E-state index in [1.807, 2.05) is 0 Å². The second-order valence-electron chi connectivity index (χ2n) is 7.46. The first-order chi connectivity index (χ1) is 15.8. The van der Waals surface area contributed by atoms with Crippen LogP contribution in [0.25, 0.3) is 0 Å². The molecule has 8 heteroatoms. The summed E-state index contributed by atoms with van der Waals surface area (Å²) in [4.78, 5) is 26.9. The molecule has 0 saturated carbocycles. The number of likely N-dealkylation sites (N-methyl/N-ethyl adjacent to an activating group) is 1. The van der Waals surface area contributed by atoms with Gasteiger partial charge in [-0.2, -0.15) is 0 Å². The van der Waals surface area contributed by atoms with E-state index in [4.69, 9.17) is 4.74 Å². The molecule has 3 aromatic rings. The van der Waals surface area contributed by atoms with Gasteiger partial charge in [-0.1, -0.05) is 54.6 Å². The predicted octanol–water partition coefficient (Wildman–Crippen LogP) is 3.89. The topological polar surface area (TPSA) is 84.0 Å². The maximum Gasteiger partial charge on any atom is 0.339 e. The molecule has 0 bridgehead atoms. The fourth-order valence-corrected chi connectivity index (χ4v) is 4.81. The van der Waals surface area contributed by atoms with Crippen LogP contribution < -0.4 is 4.31 Å². The SMILES string of the molecule is CCN(c1ccccc1)S(=O)(=O)c1cccc(C(=O)OC(C(=O)N(C)C)c2ccccc2)c1. The average molecular weight is 467 g/mol. The van der Waals surface area contributed by atoms with Crippen molar-refractivity contribution in [3.63, 3.8) is 0 Å². The Kier molecular flexibility index (Phi) is 7.50. The summed E-state index contributed by atoms with van der Waals surface area (Å²) in [5.74, 6) is -1.20. The predicted molar refractivity (Wildman–Crippen MR) is 126 cm³/mol. The lowest BCUT2D eigenvalue weighted by molar-refractivity contribution is -0.138. The van der Waals surface area contributed by atoms with E-state index in [1.165, 1.54) is 33.5 Å². The average Bonchev–Trinajstić information content (AvgIpc) is 2.83. The summed E-state index contributed by atoms with van der Waals surface area (Å²) >= 11 is 0. The zero-order valence-corrected chi connectivity index (χ0v) is 19.5. The monoisotopic (exact) mass is 466 g/mol. The molecular formula is C25H26N2O5S. The third kappa shape index (κ3) is 5.40. The number of benzene rings is 3. The van der Waals surface area contributed by atoms with E-state index in [1.54, 1.807) is 81.7 Å². The smallest absolute Gasteiger partial charge is 0.339 e. The van der Waals surface area contributed by atoms with Crippen LogP contribution in [0.5, 0.6) is 0 Å². The lowest BCUT2D eigenvalue weighted by atomic mass is 10.1. The van der Waals surface area contributed by atoms with Crippen molar-refractivity contribution >= 4 is 27.6 Å². The number of carbonyl (C=O) groups excluding carboxylic acids is 2. The number of esters is 1. The van der Waals surface area contributed by atoms with E-state index in [-0.39, 0.29) is 17.0 Å². The highest BCUT2D eigenvalue weighted by Crippen LogP contribution is 2.25. The van der Waals surface area contributed by atoms with Gasteiger partial charge >= 0.3 is 5.97 Å². The van der Waals surface area contributed by atoms with E-state index >= 15 is 0 Å². The van der Waals surface area contributed by atoms with Gasteiger partial charge in [0, 0.05) is 26.2 Å². The molecule has 0 aliphatic heterocycles. The molecule has 0 aromatic heterocycles. The van der Waals surface area contributed by atoms with Gasteiger partial charge in [-0.3, -0.25) is 9.10 Å². The van der Waals surface area contributed by atoms with Crippen LogP contribution >= 0.6 is 0 Å². The normalized spacial score (nSPS) is 12.0. The summed E-state index contributed by atoms with van der Waals surface area (Å²) in [6.07, 6.45) is -1.15. The molecule has 1 amide bonds. The maximum atomic E-state index is 13.3. The number of nitrogens with zero attached hydrogens (tertiary/aromatic N) is 2. The minimum atomic E-state index is -3.92. The third-order valence-electron chi connectivity index (χ3n) is 4.98. The minimum Gasteiger partial charge on any atom is -0.444 e. The molecule has 1 unspecified atom stereocenters. The van der Waals surface area contributed by atoms with Crippen LogP contribution in [0.1, 0.15) is 28.9 Å². The standard InChI is InChI=1S/C25H26N2O5S/c1-4-27(21-15-9-6-10-16-21)33(30,31)22-17-11-14-20(18-22)25(29)32-23(24(28)26(2)3)19-12-7-5-8-13-19/h5-18,23H,4H2,1-3H3. The van der Waals surface area contributed by atoms with Gasteiger partial charge in [0.1, 0.15) is 0 Å². The highest BCUT2D eigenvalue weighted by atomic mass is 32.2. The van der Waals surface area contributed by atoms with Crippen LogP contribution in [-0.2, 0) is 19.6 Å². The van der Waals surface area contributed by atoms with Crippen molar-refractivity contribution in [2.24, 2.45) is 0 Å². The summed E-state index contributed by atoms with van der Waals surface area (Å²) in [7, 11) is -0.777. The number of hydrogen-bond acceptors (Lipinski definition) is 5. The number of carbonyl (C=O) groups is 2. The number of hydrogen-bond donors (Lipinski definition) is 0. The molecule has 0 heterocycles. The van der Waals surface area contributed by atoms with Gasteiger partial charge in [-0.25, -0.2) is 13.2 Å². The van der Waals surface area contributed by atoms with E-state index in [2.05, 4.69) is 0 Å². The quantitative estimate of drug-likeness (QED) is 0.471. The molecule has 0 fully saturated rings. The minimum absolute atomic E-state index is 0.0349. The van der Waals surface area contributed by atoms with Crippen LogP contribution in [0, 0.1) is 0 Å². The number of sulfonamides is 1. The Balaban J connectivity index is 1.92. The van der Waals surface area contributed by atoms with E-state index in [9.17, 15) is 18.0 Å². The van der Waals surface area contributed by atoms with Crippen molar-refractivity contribution in [2.45, 2.75) is 17.9 Å². The zero-order chi connectivity index (χ0) is 24.0. The van der Waals surface area contributed by atoms with Gasteiger partial charge in [0.15, 0.2) is 0 Å². The third-order valence-corrected chi connectivity index (χ3v) is 6.88. The van der Waals surface area contributed by atoms with Crippen molar-refractivity contribution in [3.8, 4) is 0 Å². The molecule has 3 aromatic carbocycles. The molecule has 7 nitrogen and oxygen atoms in total. The van der Waals surface area contributed by atoms with Crippen molar-refractivity contribution in [1.82, 2.24) is 4.90 Å². The number of para-hydroxylation sites is 1. The lowest BCUT2D eigenvalue weighted by Gasteiger charge is -2.23. The molecule has 1 atom stereocenters. The van der Waals surface area contributed by atoms with Crippen LogP contribution in [0.3, 0.4) is 0 Å². The Bertz CT molecular complexity index is 1210. The summed E-state index contributed by atoms with van der Waals surface area (Å²) in [6, 6.07) is 23.0. The second-order valence-corrected chi connectivity index (χ2v) is 9.32. The zero-order valence-electron chi connectivity index (χ0n) is 18.7. The molecule has 0 N–H and O–H groups in total. The van der Waals surface area contributed by atoms with Crippen LogP contribution in [0.15, 0.2) is 89.8 Å². The number of rotatable bonds is 8. The fraction of sp³-hybridized carbons (Fsp3) is 0.200. The van der Waals surface area contributed by atoms with E-state index < -0.39 is 28.0 Å². The van der Waals surface area contributed by atoms with Gasteiger partial charge in [-0.05, 0) is 37.3 Å². The van der Waals surface area contributed by atoms with Gasteiger partial charge in [0.25, 0.3) is 15.9 Å². The Morgan fingerprint density at radius 3 is 2.06 bits per heavy atom. The van der Waals surface area contributed by atoms with Crippen LogP contribution in [-0.4, -0.2) is 45.8 Å². The molecule has 0 aliphatic rings. The van der Waals surface area contributed by atoms with Crippen molar-refractivity contribution in [1.29, 1.82) is 0 Å². The second kappa shape index (κ2) is 10.3. The van der Waals surface area contributed by atoms with E-state index in [0.29, 0.717) is 11.3 Å². The van der Waals surface area contributed by atoms with Crippen LogP contribution in [0.2, 0.25) is 0 Å². The molecule has 172 valence electrons. The maximum absolute atomic E-state index is 13.3. The molecule has 0 spiro atoms.